The molecule has 0 saturated heterocycles. The van der Waals surface area contributed by atoms with E-state index in [1.165, 1.54) is 29.9 Å². The fourth-order valence-corrected chi connectivity index (χ4v) is 5.22. The van der Waals surface area contributed by atoms with Crippen molar-refractivity contribution >= 4 is 10.0 Å². The van der Waals surface area contributed by atoms with E-state index in [1.54, 1.807) is 24.9 Å². The van der Waals surface area contributed by atoms with Gasteiger partial charge in [0.2, 0.25) is 0 Å². The first-order valence-corrected chi connectivity index (χ1v) is 12.2. The Hall–Kier alpha value is -1.22. The normalized spacial score (nSPS) is 20.4. The minimum absolute atomic E-state index is 0.0226. The monoisotopic (exact) mass is 426 g/mol. The second-order valence-electron chi connectivity index (χ2n) is 8.17. The highest BCUT2D eigenvalue weighted by Crippen LogP contribution is 2.27. The topological polar surface area (TPSA) is 67.7 Å². The fraction of sp³-hybridized carbons (Fsp3) is 0.762. The van der Waals surface area contributed by atoms with E-state index in [0.717, 1.165) is 51.8 Å². The third kappa shape index (κ3) is 7.51. The molecule has 0 atom stereocenters. The summed E-state index contributed by atoms with van der Waals surface area (Å²) in [4.78, 5) is 6.29. The zero-order valence-electron chi connectivity index (χ0n) is 18.3. The molecule has 0 unspecified atom stereocenters. The Morgan fingerprint density at radius 1 is 1.21 bits per heavy atom. The van der Waals surface area contributed by atoms with Crippen molar-refractivity contribution in [1.29, 1.82) is 0 Å². The van der Waals surface area contributed by atoms with Crippen molar-refractivity contribution in [2.75, 3.05) is 33.8 Å². The number of sulfonamides is 1. The molecular formula is C21H38N4O3S. The summed E-state index contributed by atoms with van der Waals surface area (Å²) >= 11 is 0. The Morgan fingerprint density at radius 2 is 1.90 bits per heavy atom. The van der Waals surface area contributed by atoms with Gasteiger partial charge in [0, 0.05) is 39.5 Å². The number of likely N-dealkylation sites (N-methyl/N-ethyl adjacent to an activating group) is 1. The van der Waals surface area contributed by atoms with Gasteiger partial charge in [-0.15, -0.1) is 6.58 Å². The van der Waals surface area contributed by atoms with Gasteiger partial charge in [0.15, 0.2) is 5.03 Å². The van der Waals surface area contributed by atoms with Gasteiger partial charge >= 0.3 is 0 Å². The lowest BCUT2D eigenvalue weighted by molar-refractivity contribution is 0.0156. The molecule has 1 aliphatic rings. The van der Waals surface area contributed by atoms with Crippen molar-refractivity contribution in [1.82, 2.24) is 18.8 Å². The van der Waals surface area contributed by atoms with Gasteiger partial charge in [-0.05, 0) is 52.1 Å². The molecule has 1 aromatic rings. The van der Waals surface area contributed by atoms with Crippen LogP contribution >= 0.6 is 0 Å². The molecule has 1 saturated carbocycles. The molecule has 0 bridgehead atoms. The van der Waals surface area contributed by atoms with E-state index in [0.29, 0.717) is 0 Å². The van der Waals surface area contributed by atoms with E-state index >= 15 is 0 Å². The van der Waals surface area contributed by atoms with Crippen LogP contribution in [0.3, 0.4) is 0 Å². The SMILES string of the molecule is C=CCN(C)CCCCCCOC1CCC(N(C)S(=O)(=O)c2cn(C)cn2)CC1. The first-order chi connectivity index (χ1) is 13.8. The third-order valence-electron chi connectivity index (χ3n) is 5.71. The van der Waals surface area contributed by atoms with Gasteiger partial charge in [0.1, 0.15) is 0 Å². The second-order valence-corrected chi connectivity index (χ2v) is 10.1. The predicted molar refractivity (Wildman–Crippen MR) is 116 cm³/mol. The Balaban J connectivity index is 1.61. The first-order valence-electron chi connectivity index (χ1n) is 10.7. The molecule has 29 heavy (non-hydrogen) atoms. The van der Waals surface area contributed by atoms with Gasteiger partial charge in [0.25, 0.3) is 10.0 Å². The minimum atomic E-state index is -3.52. The number of aromatic nitrogens is 2. The molecule has 0 aliphatic heterocycles. The Bertz CT molecular complexity index is 711. The molecule has 1 fully saturated rings. The van der Waals surface area contributed by atoms with E-state index < -0.39 is 10.0 Å². The molecular weight excluding hydrogens is 388 g/mol. The van der Waals surface area contributed by atoms with E-state index in [9.17, 15) is 8.42 Å². The standard InChI is InChI=1S/C21H38N4O3S/c1-5-14-23(2)15-8-6-7-9-16-28-20-12-10-19(11-13-20)25(4)29(26,27)21-17-24(3)18-22-21/h5,17-20H,1,6-16H2,2-4H3. The first kappa shape index (κ1) is 24.1. The Morgan fingerprint density at radius 3 is 2.52 bits per heavy atom. The van der Waals surface area contributed by atoms with Gasteiger partial charge < -0.3 is 14.2 Å². The van der Waals surface area contributed by atoms with Gasteiger partial charge in [0.05, 0.1) is 12.4 Å². The highest BCUT2D eigenvalue weighted by molar-refractivity contribution is 7.89. The summed E-state index contributed by atoms with van der Waals surface area (Å²) in [6.07, 6.45) is 13.5. The van der Waals surface area contributed by atoms with Crippen LogP contribution in [0.2, 0.25) is 0 Å². The number of hydrogen-bond donors (Lipinski definition) is 0. The van der Waals surface area contributed by atoms with E-state index in [4.69, 9.17) is 4.74 Å². The van der Waals surface area contributed by atoms with Gasteiger partial charge in [-0.1, -0.05) is 18.9 Å². The Kier molecular flexibility index (Phi) is 9.82. The highest BCUT2D eigenvalue weighted by atomic mass is 32.2. The van der Waals surface area contributed by atoms with Gasteiger partial charge in [-0.2, -0.15) is 4.31 Å². The van der Waals surface area contributed by atoms with Gasteiger partial charge in [-0.3, -0.25) is 0 Å². The van der Waals surface area contributed by atoms with Crippen molar-refractivity contribution in [3.8, 4) is 0 Å². The highest BCUT2D eigenvalue weighted by Gasteiger charge is 2.32. The van der Waals surface area contributed by atoms with Crippen molar-refractivity contribution in [3.05, 3.63) is 25.2 Å². The summed E-state index contributed by atoms with van der Waals surface area (Å²) in [5, 5.41) is 0.122. The average Bonchev–Trinajstić information content (AvgIpc) is 3.14. The molecule has 0 aromatic carbocycles. The zero-order valence-corrected chi connectivity index (χ0v) is 19.1. The van der Waals surface area contributed by atoms with Crippen LogP contribution in [0.1, 0.15) is 51.4 Å². The van der Waals surface area contributed by atoms with E-state index in [1.807, 2.05) is 6.08 Å². The summed E-state index contributed by atoms with van der Waals surface area (Å²) in [5.41, 5.74) is 0. The lowest BCUT2D eigenvalue weighted by atomic mass is 9.93. The summed E-state index contributed by atoms with van der Waals surface area (Å²) in [7, 11) is 2.04. The van der Waals surface area contributed by atoms with Crippen molar-refractivity contribution in [3.63, 3.8) is 0 Å². The molecule has 166 valence electrons. The largest absolute Gasteiger partial charge is 0.378 e. The van der Waals surface area contributed by atoms with Crippen LogP contribution in [0.25, 0.3) is 0 Å². The van der Waals surface area contributed by atoms with Crippen LogP contribution in [0, 0.1) is 0 Å². The third-order valence-corrected chi connectivity index (χ3v) is 7.51. The molecule has 1 aliphatic carbocycles. The zero-order chi connectivity index (χ0) is 21.3. The maximum Gasteiger partial charge on any atom is 0.262 e. The predicted octanol–water partition coefficient (Wildman–Crippen LogP) is 3.05. The fourth-order valence-electron chi connectivity index (χ4n) is 3.84. The minimum Gasteiger partial charge on any atom is -0.378 e. The van der Waals surface area contributed by atoms with E-state index in [2.05, 4.69) is 23.5 Å². The average molecular weight is 427 g/mol. The van der Waals surface area contributed by atoms with Crippen molar-refractivity contribution in [2.45, 2.75) is 68.5 Å². The van der Waals surface area contributed by atoms with Crippen LogP contribution in [-0.4, -0.2) is 73.1 Å². The quantitative estimate of drug-likeness (QED) is 0.358. The summed E-state index contributed by atoms with van der Waals surface area (Å²) in [6, 6.07) is 0.0226. The lowest BCUT2D eigenvalue weighted by Crippen LogP contribution is -2.40. The number of ether oxygens (including phenoxy) is 1. The lowest BCUT2D eigenvalue weighted by Gasteiger charge is -2.33. The maximum atomic E-state index is 12.7. The van der Waals surface area contributed by atoms with Crippen LogP contribution in [-0.2, 0) is 21.8 Å². The molecule has 0 radical (unpaired) electrons. The number of hydrogen-bond acceptors (Lipinski definition) is 5. The van der Waals surface area contributed by atoms with Gasteiger partial charge in [-0.25, -0.2) is 13.4 Å². The van der Waals surface area contributed by atoms with Crippen LogP contribution < -0.4 is 0 Å². The number of unbranched alkanes of at least 4 members (excludes halogenated alkanes) is 3. The number of rotatable bonds is 13. The second kappa shape index (κ2) is 11.8. The molecule has 8 heteroatoms. The molecule has 1 aromatic heterocycles. The maximum absolute atomic E-state index is 12.7. The number of aryl methyl sites for hydroxylation is 1. The molecule has 0 N–H and O–H groups in total. The molecule has 2 rings (SSSR count). The summed E-state index contributed by atoms with van der Waals surface area (Å²) in [5.74, 6) is 0. The van der Waals surface area contributed by atoms with E-state index in [-0.39, 0.29) is 17.2 Å². The van der Waals surface area contributed by atoms with Crippen molar-refractivity contribution in [2.24, 2.45) is 7.05 Å². The summed E-state index contributed by atoms with van der Waals surface area (Å²) in [6.45, 7) is 6.63. The number of imidazole rings is 1. The molecule has 0 amide bonds. The van der Waals surface area contributed by atoms with Crippen LogP contribution in [0.4, 0.5) is 0 Å². The molecule has 1 heterocycles. The smallest absolute Gasteiger partial charge is 0.262 e. The Labute approximate surface area is 176 Å². The number of nitrogens with zero attached hydrogens (tertiary/aromatic N) is 4. The molecule has 0 spiro atoms. The van der Waals surface area contributed by atoms with Crippen molar-refractivity contribution < 1.29 is 13.2 Å². The summed E-state index contributed by atoms with van der Waals surface area (Å²) < 4.78 is 34.6. The van der Waals surface area contributed by atoms with Crippen LogP contribution in [0.15, 0.2) is 30.2 Å². The molecule has 7 nitrogen and oxygen atoms in total. The van der Waals surface area contributed by atoms with Crippen LogP contribution in [0.5, 0.6) is 0 Å².